The van der Waals surface area contributed by atoms with Crippen LogP contribution in [0.5, 0.6) is 11.5 Å². The molecule has 1 heterocycles. The number of ether oxygens (including phenoxy) is 2. The first kappa shape index (κ1) is 15.0. The standard InChI is InChI=1S/C19H18N2O2/c1-14-16(13-20)15-7-3-4-8-17(15)21(14)11-12-23-19-10-6-5-9-18(19)22-2/h3-10H,11-12H2,1-2H3. The highest BCUT2D eigenvalue weighted by Crippen LogP contribution is 2.27. The van der Waals surface area contributed by atoms with Crippen molar-refractivity contribution in [2.45, 2.75) is 13.5 Å². The van der Waals surface area contributed by atoms with E-state index in [2.05, 4.69) is 10.6 Å². The lowest BCUT2D eigenvalue weighted by Gasteiger charge is -2.12. The van der Waals surface area contributed by atoms with E-state index < -0.39 is 0 Å². The number of hydrogen-bond acceptors (Lipinski definition) is 3. The van der Waals surface area contributed by atoms with Gasteiger partial charge in [0.25, 0.3) is 0 Å². The van der Waals surface area contributed by atoms with Crippen molar-refractivity contribution in [3.05, 3.63) is 59.8 Å². The Morgan fingerprint density at radius 3 is 2.48 bits per heavy atom. The van der Waals surface area contributed by atoms with Gasteiger partial charge in [0.2, 0.25) is 0 Å². The van der Waals surface area contributed by atoms with Gasteiger partial charge in [-0.3, -0.25) is 0 Å². The SMILES string of the molecule is COc1ccccc1OCCn1c(C)c(C#N)c2ccccc21. The summed E-state index contributed by atoms with van der Waals surface area (Å²) >= 11 is 0. The molecule has 1 aromatic heterocycles. The van der Waals surface area contributed by atoms with Crippen LogP contribution in [0.1, 0.15) is 11.3 Å². The topological polar surface area (TPSA) is 47.2 Å². The van der Waals surface area contributed by atoms with Crippen molar-refractivity contribution >= 4 is 10.9 Å². The number of hydrogen-bond donors (Lipinski definition) is 0. The molecule has 4 nitrogen and oxygen atoms in total. The molecule has 0 radical (unpaired) electrons. The lowest BCUT2D eigenvalue weighted by atomic mass is 10.1. The van der Waals surface area contributed by atoms with Crippen LogP contribution in [0, 0.1) is 18.3 Å². The Bertz CT molecular complexity index is 875. The monoisotopic (exact) mass is 306 g/mol. The summed E-state index contributed by atoms with van der Waals surface area (Å²) in [7, 11) is 1.63. The molecule has 2 aromatic carbocycles. The van der Waals surface area contributed by atoms with Crippen LogP contribution in [0.25, 0.3) is 10.9 Å². The lowest BCUT2D eigenvalue weighted by molar-refractivity contribution is 0.280. The molecule has 0 N–H and O–H groups in total. The quantitative estimate of drug-likeness (QED) is 0.718. The summed E-state index contributed by atoms with van der Waals surface area (Å²) in [6.45, 7) is 3.15. The zero-order chi connectivity index (χ0) is 16.2. The average Bonchev–Trinajstić information content (AvgIpc) is 2.87. The molecule has 3 rings (SSSR count). The van der Waals surface area contributed by atoms with Gasteiger partial charge >= 0.3 is 0 Å². The van der Waals surface area contributed by atoms with Crippen molar-refractivity contribution in [2.75, 3.05) is 13.7 Å². The minimum atomic E-state index is 0.505. The second-order valence-electron chi connectivity index (χ2n) is 5.24. The van der Waals surface area contributed by atoms with E-state index in [1.165, 1.54) is 0 Å². The zero-order valence-electron chi connectivity index (χ0n) is 13.2. The van der Waals surface area contributed by atoms with Crippen LogP contribution in [-0.4, -0.2) is 18.3 Å². The van der Waals surface area contributed by atoms with E-state index in [-0.39, 0.29) is 0 Å². The van der Waals surface area contributed by atoms with Crippen molar-refractivity contribution in [1.29, 1.82) is 5.26 Å². The van der Waals surface area contributed by atoms with Gasteiger partial charge in [-0.1, -0.05) is 30.3 Å². The third kappa shape index (κ3) is 2.74. The van der Waals surface area contributed by atoms with Gasteiger partial charge < -0.3 is 14.0 Å². The van der Waals surface area contributed by atoms with Crippen molar-refractivity contribution < 1.29 is 9.47 Å². The molecule has 0 amide bonds. The van der Waals surface area contributed by atoms with Gasteiger partial charge in [0.1, 0.15) is 12.7 Å². The Balaban J connectivity index is 1.83. The van der Waals surface area contributed by atoms with Crippen LogP contribution < -0.4 is 9.47 Å². The lowest BCUT2D eigenvalue weighted by Crippen LogP contribution is -2.10. The van der Waals surface area contributed by atoms with Gasteiger partial charge in [0, 0.05) is 16.6 Å². The molecule has 0 fully saturated rings. The van der Waals surface area contributed by atoms with Gasteiger partial charge in [0.05, 0.1) is 19.2 Å². The third-order valence-corrected chi connectivity index (χ3v) is 3.98. The second kappa shape index (κ2) is 6.45. The maximum Gasteiger partial charge on any atom is 0.161 e. The molecule has 116 valence electrons. The van der Waals surface area contributed by atoms with E-state index in [1.54, 1.807) is 7.11 Å². The minimum Gasteiger partial charge on any atom is -0.493 e. The molecule has 0 bridgehead atoms. The number of para-hydroxylation sites is 3. The minimum absolute atomic E-state index is 0.505. The Morgan fingerprint density at radius 2 is 1.74 bits per heavy atom. The van der Waals surface area contributed by atoms with Gasteiger partial charge in [-0.2, -0.15) is 5.26 Å². The molecule has 0 saturated carbocycles. The van der Waals surface area contributed by atoms with Crippen LogP contribution in [0.3, 0.4) is 0 Å². The first-order chi connectivity index (χ1) is 11.3. The number of rotatable bonds is 5. The molecule has 0 saturated heterocycles. The second-order valence-corrected chi connectivity index (χ2v) is 5.24. The summed E-state index contributed by atoms with van der Waals surface area (Å²) in [6.07, 6.45) is 0. The van der Waals surface area contributed by atoms with Gasteiger partial charge in [0.15, 0.2) is 11.5 Å². The zero-order valence-corrected chi connectivity index (χ0v) is 13.2. The molecule has 0 atom stereocenters. The van der Waals surface area contributed by atoms with Crippen molar-refractivity contribution in [2.24, 2.45) is 0 Å². The highest BCUT2D eigenvalue weighted by atomic mass is 16.5. The van der Waals surface area contributed by atoms with E-state index in [0.717, 1.165) is 33.7 Å². The fourth-order valence-electron chi connectivity index (χ4n) is 2.85. The number of nitrogens with zero attached hydrogens (tertiary/aromatic N) is 2. The predicted octanol–water partition coefficient (Wildman–Crippen LogP) is 3.91. The molecule has 23 heavy (non-hydrogen) atoms. The van der Waals surface area contributed by atoms with E-state index in [0.29, 0.717) is 13.2 Å². The molecule has 3 aromatic rings. The fourth-order valence-corrected chi connectivity index (χ4v) is 2.85. The van der Waals surface area contributed by atoms with Gasteiger partial charge in [-0.15, -0.1) is 0 Å². The maximum atomic E-state index is 9.39. The normalized spacial score (nSPS) is 10.5. The van der Waals surface area contributed by atoms with Crippen LogP contribution in [-0.2, 0) is 6.54 Å². The molecule has 4 heteroatoms. The summed E-state index contributed by atoms with van der Waals surface area (Å²) < 4.78 is 13.3. The average molecular weight is 306 g/mol. The van der Waals surface area contributed by atoms with E-state index >= 15 is 0 Å². The van der Waals surface area contributed by atoms with E-state index in [9.17, 15) is 5.26 Å². The number of fused-ring (bicyclic) bond motifs is 1. The molecule has 0 unspecified atom stereocenters. The van der Waals surface area contributed by atoms with Crippen LogP contribution in [0.2, 0.25) is 0 Å². The van der Waals surface area contributed by atoms with Crippen LogP contribution in [0.4, 0.5) is 0 Å². The predicted molar refractivity (Wildman–Crippen MR) is 89.9 cm³/mol. The van der Waals surface area contributed by atoms with Gasteiger partial charge in [-0.25, -0.2) is 0 Å². The maximum absolute atomic E-state index is 9.39. The van der Waals surface area contributed by atoms with Gasteiger partial charge in [-0.05, 0) is 25.1 Å². The smallest absolute Gasteiger partial charge is 0.161 e. The Hall–Kier alpha value is -2.93. The highest BCUT2D eigenvalue weighted by Gasteiger charge is 2.13. The van der Waals surface area contributed by atoms with Crippen molar-refractivity contribution in [3.63, 3.8) is 0 Å². The fraction of sp³-hybridized carbons (Fsp3) is 0.211. The first-order valence-corrected chi connectivity index (χ1v) is 7.50. The molecule has 0 aliphatic heterocycles. The number of benzene rings is 2. The summed E-state index contributed by atoms with van der Waals surface area (Å²) in [5, 5.41) is 10.4. The van der Waals surface area contributed by atoms with Crippen LogP contribution in [0.15, 0.2) is 48.5 Å². The van der Waals surface area contributed by atoms with Crippen molar-refractivity contribution in [1.82, 2.24) is 4.57 Å². The summed E-state index contributed by atoms with van der Waals surface area (Å²) in [5.41, 5.74) is 2.76. The summed E-state index contributed by atoms with van der Waals surface area (Å²) in [4.78, 5) is 0. The Morgan fingerprint density at radius 1 is 1.04 bits per heavy atom. The largest absolute Gasteiger partial charge is 0.493 e. The number of methoxy groups -OCH3 is 1. The molecular weight excluding hydrogens is 288 g/mol. The number of aromatic nitrogens is 1. The van der Waals surface area contributed by atoms with Crippen LogP contribution >= 0.6 is 0 Å². The molecule has 0 spiro atoms. The Kier molecular flexibility index (Phi) is 4.20. The Labute approximate surface area is 135 Å². The number of nitriles is 1. The summed E-state index contributed by atoms with van der Waals surface area (Å²) in [6, 6.07) is 17.9. The first-order valence-electron chi connectivity index (χ1n) is 7.50. The highest BCUT2D eigenvalue weighted by molar-refractivity contribution is 5.88. The molecule has 0 aliphatic carbocycles. The molecular formula is C19H18N2O2. The van der Waals surface area contributed by atoms with Crippen molar-refractivity contribution in [3.8, 4) is 17.6 Å². The third-order valence-electron chi connectivity index (χ3n) is 3.98. The molecule has 0 aliphatic rings. The van der Waals surface area contributed by atoms with E-state index in [1.807, 2.05) is 55.5 Å². The summed E-state index contributed by atoms with van der Waals surface area (Å²) in [5.74, 6) is 1.45. The van der Waals surface area contributed by atoms with E-state index in [4.69, 9.17) is 9.47 Å².